The highest BCUT2D eigenvalue weighted by Crippen LogP contribution is 2.41. The van der Waals surface area contributed by atoms with E-state index >= 15 is 0 Å². The van der Waals surface area contributed by atoms with Crippen LogP contribution in [0.15, 0.2) is 36.4 Å². The van der Waals surface area contributed by atoms with E-state index in [9.17, 15) is 10.2 Å². The Morgan fingerprint density at radius 1 is 0.867 bits per heavy atom. The number of phenolic OH excluding ortho intramolecular Hbond substituents is 3. The molecular weight excluding hydrogens is 192 g/mol. The van der Waals surface area contributed by atoms with Gasteiger partial charge in [-0.1, -0.05) is 30.3 Å². The van der Waals surface area contributed by atoms with Crippen molar-refractivity contribution in [2.75, 3.05) is 0 Å². The molecule has 2 rings (SSSR count). The minimum absolute atomic E-state index is 0.360. The van der Waals surface area contributed by atoms with Crippen LogP contribution in [0.3, 0.4) is 0 Å². The van der Waals surface area contributed by atoms with Crippen LogP contribution < -0.4 is 0 Å². The smallest absolute Gasteiger partial charge is 0.200 e. The number of phenols is 3. The third-order valence-electron chi connectivity index (χ3n) is 2.12. The van der Waals surface area contributed by atoms with E-state index in [1.807, 2.05) is 18.2 Å². The van der Waals surface area contributed by atoms with E-state index in [0.717, 1.165) is 5.56 Å². The Labute approximate surface area is 86.9 Å². The van der Waals surface area contributed by atoms with Crippen molar-refractivity contribution < 1.29 is 15.3 Å². The van der Waals surface area contributed by atoms with Crippen molar-refractivity contribution in [1.82, 2.24) is 0 Å². The SMILES string of the molecule is Oc1c[c]c(-c2ccccc2)c(O)c1O. The molecule has 2 aromatic carbocycles. The lowest BCUT2D eigenvalue weighted by atomic mass is 10.0. The molecule has 3 N–H and O–H groups in total. The van der Waals surface area contributed by atoms with Crippen LogP contribution in [0.1, 0.15) is 0 Å². The van der Waals surface area contributed by atoms with Crippen molar-refractivity contribution in [2.24, 2.45) is 0 Å². The fraction of sp³-hybridized carbons (Fsp3) is 0. The molecule has 0 aliphatic heterocycles. The van der Waals surface area contributed by atoms with Gasteiger partial charge < -0.3 is 15.3 Å². The van der Waals surface area contributed by atoms with Crippen LogP contribution >= 0.6 is 0 Å². The second-order valence-corrected chi connectivity index (χ2v) is 3.11. The van der Waals surface area contributed by atoms with Gasteiger partial charge in [-0.05, 0) is 17.7 Å². The minimum Gasteiger partial charge on any atom is -0.504 e. The monoisotopic (exact) mass is 201 g/mol. The Morgan fingerprint density at radius 2 is 1.53 bits per heavy atom. The molecule has 0 aliphatic rings. The second-order valence-electron chi connectivity index (χ2n) is 3.11. The van der Waals surface area contributed by atoms with Gasteiger partial charge >= 0.3 is 0 Å². The largest absolute Gasteiger partial charge is 0.504 e. The molecule has 0 unspecified atom stereocenters. The van der Waals surface area contributed by atoms with Crippen LogP contribution in [-0.4, -0.2) is 15.3 Å². The number of aromatic hydroxyl groups is 3. The fourth-order valence-corrected chi connectivity index (χ4v) is 1.34. The molecule has 1 radical (unpaired) electrons. The average molecular weight is 201 g/mol. The Balaban J connectivity index is 2.60. The molecule has 0 saturated carbocycles. The zero-order valence-electron chi connectivity index (χ0n) is 7.81. The van der Waals surface area contributed by atoms with E-state index < -0.39 is 5.75 Å². The molecule has 0 amide bonds. The van der Waals surface area contributed by atoms with Crippen LogP contribution in [0.5, 0.6) is 17.2 Å². The zero-order chi connectivity index (χ0) is 10.8. The van der Waals surface area contributed by atoms with Gasteiger partial charge in [-0.3, -0.25) is 0 Å². The predicted octanol–water partition coefficient (Wildman–Crippen LogP) is 2.27. The first-order valence-electron chi connectivity index (χ1n) is 4.41. The molecule has 2 aromatic rings. The zero-order valence-corrected chi connectivity index (χ0v) is 7.81. The molecule has 0 fully saturated rings. The topological polar surface area (TPSA) is 60.7 Å². The van der Waals surface area contributed by atoms with Crippen molar-refractivity contribution in [3.63, 3.8) is 0 Å². The summed E-state index contributed by atoms with van der Waals surface area (Å²) in [6.45, 7) is 0. The van der Waals surface area contributed by atoms with Gasteiger partial charge in [0.2, 0.25) is 5.75 Å². The molecule has 0 aliphatic carbocycles. The summed E-state index contributed by atoms with van der Waals surface area (Å²) in [6, 6.07) is 13.0. The van der Waals surface area contributed by atoms with Gasteiger partial charge in [-0.2, -0.15) is 0 Å². The normalized spacial score (nSPS) is 10.1. The van der Waals surface area contributed by atoms with Gasteiger partial charge in [-0.25, -0.2) is 0 Å². The lowest BCUT2D eigenvalue weighted by molar-refractivity contribution is 0.369. The second kappa shape index (κ2) is 3.53. The van der Waals surface area contributed by atoms with Crippen molar-refractivity contribution in [2.45, 2.75) is 0 Å². The van der Waals surface area contributed by atoms with Crippen molar-refractivity contribution in [3.8, 4) is 28.4 Å². The first-order valence-corrected chi connectivity index (χ1v) is 4.41. The van der Waals surface area contributed by atoms with Crippen LogP contribution in [0, 0.1) is 6.07 Å². The third-order valence-corrected chi connectivity index (χ3v) is 2.12. The highest BCUT2D eigenvalue weighted by molar-refractivity contribution is 5.74. The summed E-state index contributed by atoms with van der Waals surface area (Å²) in [4.78, 5) is 0. The van der Waals surface area contributed by atoms with Crippen LogP contribution in [-0.2, 0) is 0 Å². The Morgan fingerprint density at radius 3 is 2.20 bits per heavy atom. The summed E-state index contributed by atoms with van der Waals surface area (Å²) < 4.78 is 0. The number of benzene rings is 2. The van der Waals surface area contributed by atoms with Gasteiger partial charge in [0.05, 0.1) is 0 Å². The maximum atomic E-state index is 9.59. The first-order chi connectivity index (χ1) is 7.20. The summed E-state index contributed by atoms with van der Waals surface area (Å²) >= 11 is 0. The number of hydrogen-bond acceptors (Lipinski definition) is 3. The number of rotatable bonds is 1. The summed E-state index contributed by atoms with van der Waals surface area (Å²) in [5, 5.41) is 28.0. The Kier molecular flexibility index (Phi) is 2.21. The standard InChI is InChI=1S/C12H9O3/c13-10-7-6-9(11(14)12(10)15)8-4-2-1-3-5-8/h1-5,7,13-15H. The highest BCUT2D eigenvalue weighted by atomic mass is 16.3. The van der Waals surface area contributed by atoms with Gasteiger partial charge in [0.1, 0.15) is 0 Å². The molecule has 0 bridgehead atoms. The Bertz CT molecular complexity index is 478. The average Bonchev–Trinajstić information content (AvgIpc) is 2.27. The molecule has 3 heteroatoms. The van der Waals surface area contributed by atoms with Gasteiger partial charge in [0.15, 0.2) is 11.5 Å². The van der Waals surface area contributed by atoms with E-state index in [-0.39, 0.29) is 11.5 Å². The van der Waals surface area contributed by atoms with Crippen LogP contribution in [0.2, 0.25) is 0 Å². The summed E-state index contributed by atoms with van der Waals surface area (Å²) in [5.74, 6) is -1.26. The third kappa shape index (κ3) is 1.59. The first kappa shape index (κ1) is 9.40. The van der Waals surface area contributed by atoms with E-state index in [0.29, 0.717) is 5.56 Å². The molecule has 0 aromatic heterocycles. The molecule has 0 atom stereocenters. The molecule has 0 spiro atoms. The van der Waals surface area contributed by atoms with Crippen LogP contribution in [0.25, 0.3) is 11.1 Å². The maximum absolute atomic E-state index is 9.59. The lowest BCUT2D eigenvalue weighted by Gasteiger charge is -2.06. The lowest BCUT2D eigenvalue weighted by Crippen LogP contribution is -1.80. The van der Waals surface area contributed by atoms with Gasteiger partial charge in [0.25, 0.3) is 0 Å². The minimum atomic E-state index is -0.521. The van der Waals surface area contributed by atoms with E-state index in [4.69, 9.17) is 5.11 Å². The van der Waals surface area contributed by atoms with Crippen molar-refractivity contribution in [1.29, 1.82) is 0 Å². The van der Waals surface area contributed by atoms with Gasteiger partial charge in [-0.15, -0.1) is 0 Å². The molecule has 15 heavy (non-hydrogen) atoms. The maximum Gasteiger partial charge on any atom is 0.200 e. The number of hydrogen-bond donors (Lipinski definition) is 3. The van der Waals surface area contributed by atoms with E-state index in [1.54, 1.807) is 12.1 Å². The molecule has 75 valence electrons. The predicted molar refractivity (Wildman–Crippen MR) is 55.7 cm³/mol. The van der Waals surface area contributed by atoms with E-state index in [1.165, 1.54) is 6.07 Å². The van der Waals surface area contributed by atoms with Crippen LogP contribution in [0.4, 0.5) is 0 Å². The van der Waals surface area contributed by atoms with E-state index in [2.05, 4.69) is 6.07 Å². The summed E-state index contributed by atoms with van der Waals surface area (Å²) in [7, 11) is 0. The molecule has 0 heterocycles. The highest BCUT2D eigenvalue weighted by Gasteiger charge is 2.12. The Hall–Kier alpha value is -2.16. The quantitative estimate of drug-likeness (QED) is 0.620. The molecular formula is C12H9O3. The van der Waals surface area contributed by atoms with Gasteiger partial charge in [0, 0.05) is 5.56 Å². The van der Waals surface area contributed by atoms with Crippen molar-refractivity contribution >= 4 is 0 Å². The molecule has 3 nitrogen and oxygen atoms in total. The van der Waals surface area contributed by atoms with Crippen molar-refractivity contribution in [3.05, 3.63) is 42.5 Å². The summed E-state index contributed by atoms with van der Waals surface area (Å²) in [5.41, 5.74) is 1.09. The molecule has 0 saturated heterocycles. The summed E-state index contributed by atoms with van der Waals surface area (Å²) in [6.07, 6.45) is 0. The fourth-order valence-electron chi connectivity index (χ4n) is 1.34.